The van der Waals surface area contributed by atoms with E-state index in [0.717, 1.165) is 24.3 Å². The van der Waals surface area contributed by atoms with E-state index >= 15 is 0 Å². The molecular formula is C18H15F5N2O4. The number of rotatable bonds is 5. The first-order valence-corrected chi connectivity index (χ1v) is 8.42. The van der Waals surface area contributed by atoms with Crippen molar-refractivity contribution in [3.05, 3.63) is 63.7 Å². The molecule has 0 amide bonds. The molecule has 0 N–H and O–H groups in total. The Morgan fingerprint density at radius 2 is 1.86 bits per heavy atom. The van der Waals surface area contributed by atoms with Gasteiger partial charge in [-0.15, -0.1) is 0 Å². The molecule has 1 atom stereocenters. The van der Waals surface area contributed by atoms with Gasteiger partial charge >= 0.3 is 18.5 Å². The maximum absolute atomic E-state index is 12.7. The van der Waals surface area contributed by atoms with Crippen molar-refractivity contribution >= 4 is 11.4 Å². The van der Waals surface area contributed by atoms with Crippen molar-refractivity contribution in [3.63, 3.8) is 0 Å². The summed E-state index contributed by atoms with van der Waals surface area (Å²) in [5, 5.41) is 11.0. The van der Waals surface area contributed by atoms with E-state index < -0.39 is 40.8 Å². The van der Waals surface area contributed by atoms with Gasteiger partial charge in [-0.1, -0.05) is 12.1 Å². The van der Waals surface area contributed by atoms with Gasteiger partial charge in [0.15, 0.2) is 0 Å². The van der Waals surface area contributed by atoms with Crippen molar-refractivity contribution < 1.29 is 36.3 Å². The molecule has 1 saturated heterocycles. The van der Waals surface area contributed by atoms with Gasteiger partial charge in [0, 0.05) is 30.9 Å². The van der Waals surface area contributed by atoms with Crippen LogP contribution in [0.15, 0.2) is 42.5 Å². The average molecular weight is 418 g/mol. The maximum Gasteiger partial charge on any atom is 0.416 e. The first-order valence-electron chi connectivity index (χ1n) is 8.42. The van der Waals surface area contributed by atoms with Crippen molar-refractivity contribution in [1.82, 2.24) is 0 Å². The number of morpholine rings is 1. The van der Waals surface area contributed by atoms with Crippen LogP contribution in [-0.2, 0) is 10.9 Å². The van der Waals surface area contributed by atoms with Crippen LogP contribution in [0.1, 0.15) is 17.2 Å². The monoisotopic (exact) mass is 418 g/mol. The van der Waals surface area contributed by atoms with Crippen LogP contribution in [0.3, 0.4) is 0 Å². The Balaban J connectivity index is 1.81. The lowest BCUT2D eigenvalue weighted by atomic mass is 10.0. The molecule has 3 rings (SSSR count). The summed E-state index contributed by atoms with van der Waals surface area (Å²) in [7, 11) is 0. The van der Waals surface area contributed by atoms with Crippen LogP contribution in [0, 0.1) is 10.1 Å². The van der Waals surface area contributed by atoms with Crippen LogP contribution in [0.5, 0.6) is 5.75 Å². The molecule has 29 heavy (non-hydrogen) atoms. The summed E-state index contributed by atoms with van der Waals surface area (Å²) in [6, 6.07) is 8.15. The molecule has 0 aliphatic carbocycles. The highest BCUT2D eigenvalue weighted by atomic mass is 19.4. The lowest BCUT2D eigenvalue weighted by Gasteiger charge is -2.35. The van der Waals surface area contributed by atoms with Crippen LogP contribution in [0.25, 0.3) is 0 Å². The molecule has 11 heteroatoms. The second-order valence-corrected chi connectivity index (χ2v) is 6.21. The minimum absolute atomic E-state index is 0.220. The molecule has 156 valence electrons. The average Bonchev–Trinajstić information content (AvgIpc) is 2.67. The Kier molecular flexibility index (Phi) is 5.87. The minimum atomic E-state index is -4.45. The number of nitrogens with zero attached hydrogens (tertiary/aromatic N) is 2. The van der Waals surface area contributed by atoms with Crippen molar-refractivity contribution in [2.75, 3.05) is 24.6 Å². The maximum atomic E-state index is 12.7. The molecule has 1 fully saturated rings. The predicted octanol–water partition coefficient (Wildman–Crippen LogP) is 4.79. The van der Waals surface area contributed by atoms with E-state index in [4.69, 9.17) is 4.74 Å². The zero-order valence-electron chi connectivity index (χ0n) is 14.7. The molecule has 1 aliphatic rings. The Labute approximate surface area is 161 Å². The van der Waals surface area contributed by atoms with Gasteiger partial charge in [0.05, 0.1) is 17.1 Å². The Morgan fingerprint density at radius 1 is 1.17 bits per heavy atom. The molecule has 0 spiro atoms. The first-order chi connectivity index (χ1) is 13.6. The molecule has 0 radical (unpaired) electrons. The van der Waals surface area contributed by atoms with Gasteiger partial charge in [0.1, 0.15) is 6.10 Å². The molecule has 2 aromatic rings. The third-order valence-corrected chi connectivity index (χ3v) is 4.40. The molecule has 0 aromatic heterocycles. The largest absolute Gasteiger partial charge is 0.427 e. The smallest absolute Gasteiger partial charge is 0.416 e. The van der Waals surface area contributed by atoms with Crippen molar-refractivity contribution in [1.29, 1.82) is 0 Å². The molecule has 1 unspecified atom stereocenters. The van der Waals surface area contributed by atoms with Gasteiger partial charge in [-0.05, 0) is 23.8 Å². The molecule has 0 bridgehead atoms. The number of ether oxygens (including phenoxy) is 2. The summed E-state index contributed by atoms with van der Waals surface area (Å²) < 4.78 is 73.2. The summed E-state index contributed by atoms with van der Waals surface area (Å²) in [5.74, 6) is -0.569. The minimum Gasteiger partial charge on any atom is -0.427 e. The summed E-state index contributed by atoms with van der Waals surface area (Å²) in [4.78, 5) is 11.9. The quantitative estimate of drug-likeness (QED) is 0.397. The van der Waals surface area contributed by atoms with E-state index in [9.17, 15) is 32.1 Å². The highest BCUT2D eigenvalue weighted by Crippen LogP contribution is 2.35. The highest BCUT2D eigenvalue weighted by Gasteiger charge is 2.31. The number of nitro benzene ring substituents is 1. The molecule has 2 aromatic carbocycles. The van der Waals surface area contributed by atoms with E-state index in [0.29, 0.717) is 17.8 Å². The zero-order chi connectivity index (χ0) is 21.2. The normalized spacial score (nSPS) is 17.4. The number of alkyl halides is 5. The van der Waals surface area contributed by atoms with Gasteiger partial charge in [-0.25, -0.2) is 0 Å². The van der Waals surface area contributed by atoms with Gasteiger partial charge in [0.2, 0.25) is 5.75 Å². The predicted molar refractivity (Wildman–Crippen MR) is 92.1 cm³/mol. The SMILES string of the molecule is O=[N+]([O-])c1ccc(N2CCOC(c3ccc(C(F)(F)F)cc3)C2)cc1OC(F)F. The third kappa shape index (κ3) is 4.91. The topological polar surface area (TPSA) is 64.8 Å². The van der Waals surface area contributed by atoms with E-state index in [-0.39, 0.29) is 13.2 Å². The zero-order valence-corrected chi connectivity index (χ0v) is 14.7. The highest BCUT2D eigenvalue weighted by molar-refractivity contribution is 5.59. The third-order valence-electron chi connectivity index (χ3n) is 4.40. The second-order valence-electron chi connectivity index (χ2n) is 6.21. The van der Waals surface area contributed by atoms with Crippen LogP contribution in [-0.4, -0.2) is 31.2 Å². The van der Waals surface area contributed by atoms with Crippen molar-refractivity contribution in [2.24, 2.45) is 0 Å². The van der Waals surface area contributed by atoms with E-state index in [1.165, 1.54) is 18.2 Å². The van der Waals surface area contributed by atoms with E-state index in [1.54, 1.807) is 4.90 Å². The molecule has 6 nitrogen and oxygen atoms in total. The number of halogens is 5. The van der Waals surface area contributed by atoms with Crippen LogP contribution >= 0.6 is 0 Å². The Bertz CT molecular complexity index is 874. The van der Waals surface area contributed by atoms with Crippen molar-refractivity contribution in [3.8, 4) is 5.75 Å². The number of nitro groups is 1. The summed E-state index contributed by atoms with van der Waals surface area (Å²) in [6.07, 6.45) is -5.00. The number of hydrogen-bond donors (Lipinski definition) is 0. The van der Waals surface area contributed by atoms with Crippen molar-refractivity contribution in [2.45, 2.75) is 18.9 Å². The van der Waals surface area contributed by atoms with Crippen LogP contribution in [0.2, 0.25) is 0 Å². The molecule has 0 saturated carbocycles. The Morgan fingerprint density at radius 3 is 2.45 bits per heavy atom. The Hall–Kier alpha value is -2.95. The number of hydrogen-bond acceptors (Lipinski definition) is 5. The van der Waals surface area contributed by atoms with Gasteiger partial charge in [0.25, 0.3) is 0 Å². The first kappa shape index (κ1) is 20.8. The summed E-state index contributed by atoms with van der Waals surface area (Å²) >= 11 is 0. The fourth-order valence-corrected chi connectivity index (χ4v) is 3.01. The number of benzene rings is 2. The van der Waals surface area contributed by atoms with Gasteiger partial charge in [-0.2, -0.15) is 22.0 Å². The second kappa shape index (κ2) is 8.19. The number of anilines is 1. The van der Waals surface area contributed by atoms with E-state index in [2.05, 4.69) is 4.74 Å². The lowest BCUT2D eigenvalue weighted by molar-refractivity contribution is -0.386. The summed E-state index contributed by atoms with van der Waals surface area (Å²) in [5.41, 5.74) is -0.459. The van der Waals surface area contributed by atoms with Gasteiger partial charge < -0.3 is 14.4 Å². The van der Waals surface area contributed by atoms with Crippen LogP contribution in [0.4, 0.5) is 33.3 Å². The standard InChI is InChI=1S/C18H15F5N2O4/c19-17(20)29-15-9-13(5-6-14(15)25(26)27)24-7-8-28-16(10-24)11-1-3-12(4-2-11)18(21,22)23/h1-6,9,16-17H,7-8,10H2. The fourth-order valence-electron chi connectivity index (χ4n) is 3.01. The fraction of sp³-hybridized carbons (Fsp3) is 0.333. The lowest BCUT2D eigenvalue weighted by Crippen LogP contribution is -2.38. The molecule has 1 heterocycles. The van der Waals surface area contributed by atoms with Crippen LogP contribution < -0.4 is 9.64 Å². The molecular weight excluding hydrogens is 403 g/mol. The summed E-state index contributed by atoms with van der Waals surface area (Å²) in [6.45, 7) is -2.41. The molecule has 1 aliphatic heterocycles. The van der Waals surface area contributed by atoms with E-state index in [1.807, 2.05) is 0 Å². The van der Waals surface area contributed by atoms with Gasteiger partial charge in [-0.3, -0.25) is 10.1 Å².